The first-order chi connectivity index (χ1) is 4.94. The third-order valence-corrected chi connectivity index (χ3v) is 4.50. The Hall–Kier alpha value is 0.535. The molecule has 1 radical (unpaired) electrons. The van der Waals surface area contributed by atoms with Crippen molar-refractivity contribution in [1.82, 2.24) is 0 Å². The Bertz CT molecular complexity index is 147. The van der Waals surface area contributed by atoms with E-state index < -0.39 is 13.8 Å². The van der Waals surface area contributed by atoms with Crippen LogP contribution >= 0.6 is 0 Å². The van der Waals surface area contributed by atoms with Crippen molar-refractivity contribution < 1.29 is 7.84 Å². The van der Waals surface area contributed by atoms with E-state index in [-0.39, 0.29) is 8.80 Å². The van der Waals surface area contributed by atoms with Crippen LogP contribution in [0.25, 0.3) is 0 Å². The van der Waals surface area contributed by atoms with E-state index in [0.29, 0.717) is 5.04 Å². The predicted molar refractivity (Wildman–Crippen MR) is 57.6 cm³/mol. The second-order valence-corrected chi connectivity index (χ2v) is 13.5. The molecule has 0 heterocycles. The summed E-state index contributed by atoms with van der Waals surface area (Å²) in [6.07, 6.45) is 0. The standard InChI is InChI=1S/C6H15Si.C2H7AsO2/c1-6(2,3)7(4)5;1-3(2,4)5/h1-5H3;1-2H3,(H,4,5). The molecule has 4 heteroatoms. The SMILES string of the molecule is C[As](C)(=O)O.C[Si](C)C(C)(C)C. The molecule has 75 valence electrons. The summed E-state index contributed by atoms with van der Waals surface area (Å²) < 4.78 is 18.0. The van der Waals surface area contributed by atoms with Crippen LogP contribution in [0.15, 0.2) is 0 Å². The van der Waals surface area contributed by atoms with Crippen LogP contribution in [0.2, 0.25) is 29.6 Å². The van der Waals surface area contributed by atoms with E-state index in [9.17, 15) is 3.74 Å². The molecular formula is C8H22AsO2Si. The Morgan fingerprint density at radius 1 is 1.17 bits per heavy atom. The molecule has 0 aliphatic rings. The van der Waals surface area contributed by atoms with Gasteiger partial charge in [0.1, 0.15) is 0 Å². The topological polar surface area (TPSA) is 37.3 Å². The van der Waals surface area contributed by atoms with Crippen molar-refractivity contribution in [2.75, 3.05) is 0 Å². The van der Waals surface area contributed by atoms with Gasteiger partial charge in [0.05, 0.1) is 0 Å². The molecule has 12 heavy (non-hydrogen) atoms. The summed E-state index contributed by atoms with van der Waals surface area (Å²) in [6.45, 7) is 11.6. The van der Waals surface area contributed by atoms with Gasteiger partial charge in [-0.15, -0.1) is 0 Å². The molecule has 0 fully saturated rings. The molecule has 0 aromatic heterocycles. The quantitative estimate of drug-likeness (QED) is 0.674. The van der Waals surface area contributed by atoms with Crippen molar-refractivity contribution in [3.05, 3.63) is 0 Å². The molecule has 1 N–H and O–H groups in total. The zero-order valence-corrected chi connectivity index (χ0v) is 12.2. The molecule has 0 saturated carbocycles. The van der Waals surface area contributed by atoms with Crippen molar-refractivity contribution in [1.29, 1.82) is 0 Å². The summed E-state index contributed by atoms with van der Waals surface area (Å²) in [5.74, 6) is 0. The molecule has 0 bridgehead atoms. The Morgan fingerprint density at radius 2 is 1.25 bits per heavy atom. The van der Waals surface area contributed by atoms with Gasteiger partial charge in [0.2, 0.25) is 0 Å². The molecule has 0 aromatic rings. The van der Waals surface area contributed by atoms with E-state index in [0.717, 1.165) is 0 Å². The molecule has 0 saturated heterocycles. The van der Waals surface area contributed by atoms with Crippen LogP contribution in [0.1, 0.15) is 20.8 Å². The van der Waals surface area contributed by atoms with Crippen molar-refractivity contribution in [2.24, 2.45) is 0 Å². The molecule has 2 nitrogen and oxygen atoms in total. The first-order valence-corrected chi connectivity index (χ1v) is 11.9. The Kier molecular flexibility index (Phi) is 6.64. The second-order valence-electron chi connectivity index (χ2n) is 4.54. The van der Waals surface area contributed by atoms with E-state index in [4.69, 9.17) is 4.10 Å². The fourth-order valence-corrected chi connectivity index (χ4v) is 0. The van der Waals surface area contributed by atoms with Gasteiger partial charge in [-0.3, -0.25) is 0 Å². The van der Waals surface area contributed by atoms with Gasteiger partial charge in [0, 0.05) is 8.80 Å². The molecular weight excluding hydrogens is 231 g/mol. The van der Waals surface area contributed by atoms with Crippen molar-refractivity contribution >= 4 is 22.6 Å². The third kappa shape index (κ3) is 22.4. The van der Waals surface area contributed by atoms with Gasteiger partial charge >= 0.3 is 33.1 Å². The Morgan fingerprint density at radius 3 is 1.25 bits per heavy atom. The molecule has 0 aliphatic heterocycles. The van der Waals surface area contributed by atoms with Crippen molar-refractivity contribution in [3.8, 4) is 0 Å². The molecule has 0 aromatic carbocycles. The maximum Gasteiger partial charge on any atom is 0.0470 e. The summed E-state index contributed by atoms with van der Waals surface area (Å²) in [6, 6.07) is 0. The molecule has 0 rings (SSSR count). The molecule has 0 atom stereocenters. The van der Waals surface area contributed by atoms with E-state index in [1.165, 1.54) is 11.4 Å². The molecule has 0 amide bonds. The van der Waals surface area contributed by atoms with Crippen LogP contribution in [-0.2, 0) is 3.74 Å². The second kappa shape index (κ2) is 5.30. The first-order valence-electron chi connectivity index (χ1n) is 4.03. The van der Waals surface area contributed by atoms with Gasteiger partial charge in [-0.1, -0.05) is 33.9 Å². The van der Waals surface area contributed by atoms with Gasteiger partial charge in [0.25, 0.3) is 0 Å². The van der Waals surface area contributed by atoms with Gasteiger partial charge in [0.15, 0.2) is 0 Å². The Balaban J connectivity index is 0. The normalized spacial score (nSPS) is 12.4. The smallest absolute Gasteiger partial charge is 0.0470 e. The van der Waals surface area contributed by atoms with Crippen LogP contribution in [-0.4, -0.2) is 26.7 Å². The van der Waals surface area contributed by atoms with Crippen molar-refractivity contribution in [3.63, 3.8) is 0 Å². The van der Waals surface area contributed by atoms with Crippen LogP contribution < -0.4 is 0 Å². The molecule has 0 spiro atoms. The Labute approximate surface area is 81.0 Å². The van der Waals surface area contributed by atoms with Crippen LogP contribution in [0, 0.1) is 0 Å². The number of hydrogen-bond acceptors (Lipinski definition) is 1. The minimum Gasteiger partial charge on any atom is -0.0709 e. The summed E-state index contributed by atoms with van der Waals surface area (Å²) in [5, 5.41) is 0.602. The average molecular weight is 253 g/mol. The minimum absolute atomic E-state index is 0.0502. The van der Waals surface area contributed by atoms with Crippen LogP contribution in [0.3, 0.4) is 0 Å². The van der Waals surface area contributed by atoms with Crippen molar-refractivity contribution in [2.45, 2.75) is 50.3 Å². The number of hydrogen-bond donors (Lipinski definition) is 1. The summed E-state index contributed by atoms with van der Waals surface area (Å²) in [5.41, 5.74) is 2.72. The number of rotatable bonds is 0. The fourth-order valence-electron chi connectivity index (χ4n) is 0. The van der Waals surface area contributed by atoms with Gasteiger partial charge in [-0.05, 0) is 5.04 Å². The minimum atomic E-state index is -3.12. The maximum atomic E-state index is 9.83. The summed E-state index contributed by atoms with van der Waals surface area (Å²) in [7, 11) is -0.0502. The largest absolute Gasteiger partial charge is 0.0709 e. The van der Waals surface area contributed by atoms with Gasteiger partial charge in [-0.2, -0.15) is 0 Å². The zero-order valence-electron chi connectivity index (χ0n) is 9.30. The monoisotopic (exact) mass is 253 g/mol. The summed E-state index contributed by atoms with van der Waals surface area (Å²) in [4.78, 5) is 0. The van der Waals surface area contributed by atoms with E-state index in [1.807, 2.05) is 0 Å². The first kappa shape index (κ1) is 15.0. The molecule has 0 unspecified atom stereocenters. The fraction of sp³-hybridized carbons (Fsp3) is 1.00. The maximum absolute atomic E-state index is 9.83. The van der Waals surface area contributed by atoms with Crippen LogP contribution in [0.5, 0.6) is 0 Å². The molecule has 0 aliphatic carbocycles. The van der Waals surface area contributed by atoms with Crippen LogP contribution in [0.4, 0.5) is 0 Å². The van der Waals surface area contributed by atoms with E-state index in [2.05, 4.69) is 33.9 Å². The van der Waals surface area contributed by atoms with E-state index >= 15 is 0 Å². The van der Waals surface area contributed by atoms with Gasteiger partial charge in [-0.25, -0.2) is 0 Å². The summed E-state index contributed by atoms with van der Waals surface area (Å²) >= 11 is -3.12. The van der Waals surface area contributed by atoms with Gasteiger partial charge < -0.3 is 0 Å². The third-order valence-electron chi connectivity index (χ3n) is 1.50. The zero-order chi connectivity index (χ0) is 10.6. The average Bonchev–Trinajstić information content (AvgIpc) is 1.55. The van der Waals surface area contributed by atoms with E-state index in [1.54, 1.807) is 0 Å². The predicted octanol–water partition coefficient (Wildman–Crippen LogP) is 2.65.